The molecule has 0 unspecified atom stereocenters. The molecule has 1 fully saturated rings. The van der Waals surface area contributed by atoms with Crippen LogP contribution >= 0.6 is 15.9 Å². The Morgan fingerprint density at radius 1 is 1.07 bits per heavy atom. The van der Waals surface area contributed by atoms with E-state index in [0.29, 0.717) is 19.2 Å². The van der Waals surface area contributed by atoms with E-state index >= 15 is 0 Å². The normalized spacial score (nSPS) is 20.2. The molecule has 1 aliphatic rings. The van der Waals surface area contributed by atoms with Crippen LogP contribution in [-0.4, -0.2) is 31.7 Å². The van der Waals surface area contributed by atoms with E-state index in [1.54, 1.807) is 0 Å². The van der Waals surface area contributed by atoms with E-state index in [-0.39, 0.29) is 26.9 Å². The lowest BCUT2D eigenvalue weighted by Crippen LogP contribution is -2.42. The van der Waals surface area contributed by atoms with E-state index in [1.165, 1.54) is 4.31 Å². The minimum atomic E-state index is -3.94. The molecular formula is C20H20BrF3N2O3S. The third-order valence-corrected chi connectivity index (χ3v) is 7.35. The predicted octanol–water partition coefficient (Wildman–Crippen LogP) is 4.79. The maximum atomic E-state index is 14.3. The number of carbonyl (C=O) groups excluding carboxylic acids is 1. The Labute approximate surface area is 181 Å². The molecule has 3 rings (SSSR count). The van der Waals surface area contributed by atoms with E-state index in [9.17, 15) is 26.4 Å². The first-order valence-electron chi connectivity index (χ1n) is 9.24. The van der Waals surface area contributed by atoms with Gasteiger partial charge in [-0.05, 0) is 58.5 Å². The zero-order valence-electron chi connectivity index (χ0n) is 16.3. The number of anilines is 1. The first kappa shape index (κ1) is 22.8. The number of nitrogens with zero attached hydrogens (tertiary/aromatic N) is 1. The highest BCUT2D eigenvalue weighted by Crippen LogP contribution is 2.29. The summed E-state index contributed by atoms with van der Waals surface area (Å²) in [4.78, 5) is 12.3. The summed E-state index contributed by atoms with van der Waals surface area (Å²) in [6, 6.07) is 4.42. The number of hydrogen-bond acceptors (Lipinski definition) is 3. The van der Waals surface area contributed by atoms with Crippen molar-refractivity contribution in [1.82, 2.24) is 4.31 Å². The molecule has 30 heavy (non-hydrogen) atoms. The number of hydrogen-bond donors (Lipinski definition) is 1. The number of rotatable bonds is 4. The molecule has 0 aromatic heterocycles. The monoisotopic (exact) mass is 504 g/mol. The summed E-state index contributed by atoms with van der Waals surface area (Å²) in [6.45, 7) is 4.58. The van der Waals surface area contributed by atoms with Crippen LogP contribution in [0.1, 0.15) is 30.6 Å². The number of halogens is 4. The standard InChI is InChI=1S/C20H20BrF3N2O3S/c1-11-5-12(2)10-26(9-11)30(28,29)14-3-4-17(23)15(8-14)20(27)25-19-16(21)6-13(22)7-18(19)24/h3-4,6-8,11-12H,5,9-10H2,1-2H3,(H,25,27)/t11-,12+. The molecule has 2 aromatic carbocycles. The Bertz CT molecular complexity index is 1060. The zero-order valence-corrected chi connectivity index (χ0v) is 18.7. The van der Waals surface area contributed by atoms with Crippen LogP contribution in [0.15, 0.2) is 39.7 Å². The van der Waals surface area contributed by atoms with Crippen LogP contribution in [-0.2, 0) is 10.0 Å². The number of nitrogens with one attached hydrogen (secondary N) is 1. The highest BCUT2D eigenvalue weighted by molar-refractivity contribution is 9.10. The van der Waals surface area contributed by atoms with E-state index in [0.717, 1.165) is 30.7 Å². The Kier molecular flexibility index (Phi) is 6.59. The van der Waals surface area contributed by atoms with Gasteiger partial charge in [-0.2, -0.15) is 4.31 Å². The average Bonchev–Trinajstić information content (AvgIpc) is 2.63. The van der Waals surface area contributed by atoms with Crippen molar-refractivity contribution in [3.63, 3.8) is 0 Å². The highest BCUT2D eigenvalue weighted by Gasteiger charge is 2.32. The second-order valence-corrected chi connectivity index (χ2v) is 10.4. The molecule has 5 nitrogen and oxygen atoms in total. The van der Waals surface area contributed by atoms with Crippen molar-refractivity contribution >= 4 is 37.5 Å². The van der Waals surface area contributed by atoms with Gasteiger partial charge in [-0.1, -0.05) is 13.8 Å². The van der Waals surface area contributed by atoms with Gasteiger partial charge in [0, 0.05) is 23.6 Å². The Hall–Kier alpha value is -1.91. The maximum Gasteiger partial charge on any atom is 0.258 e. The summed E-state index contributed by atoms with van der Waals surface area (Å²) < 4.78 is 68.9. The maximum absolute atomic E-state index is 14.3. The van der Waals surface area contributed by atoms with Gasteiger partial charge in [-0.15, -0.1) is 0 Å². The molecular weight excluding hydrogens is 485 g/mol. The minimum Gasteiger partial charge on any atom is -0.318 e. The smallest absolute Gasteiger partial charge is 0.258 e. The van der Waals surface area contributed by atoms with E-state index in [2.05, 4.69) is 21.2 Å². The fraction of sp³-hybridized carbons (Fsp3) is 0.350. The van der Waals surface area contributed by atoms with Crippen molar-refractivity contribution < 1.29 is 26.4 Å². The van der Waals surface area contributed by atoms with E-state index in [1.807, 2.05) is 13.8 Å². The molecule has 162 valence electrons. The summed E-state index contributed by atoms with van der Waals surface area (Å²) >= 11 is 2.94. The first-order valence-corrected chi connectivity index (χ1v) is 11.5. The van der Waals surface area contributed by atoms with Gasteiger partial charge < -0.3 is 5.32 Å². The Morgan fingerprint density at radius 3 is 2.30 bits per heavy atom. The van der Waals surface area contributed by atoms with Gasteiger partial charge in [0.25, 0.3) is 5.91 Å². The van der Waals surface area contributed by atoms with Crippen LogP contribution in [0.3, 0.4) is 0 Å². The van der Waals surface area contributed by atoms with Crippen molar-refractivity contribution in [3.05, 3.63) is 57.8 Å². The summed E-state index contributed by atoms with van der Waals surface area (Å²) in [5.74, 6) is -3.60. The van der Waals surface area contributed by atoms with Crippen molar-refractivity contribution in [3.8, 4) is 0 Å². The molecule has 1 N–H and O–H groups in total. The summed E-state index contributed by atoms with van der Waals surface area (Å²) in [5.41, 5.74) is -0.947. The van der Waals surface area contributed by atoms with Crippen LogP contribution in [0.2, 0.25) is 0 Å². The first-order chi connectivity index (χ1) is 14.0. The fourth-order valence-electron chi connectivity index (χ4n) is 3.63. The van der Waals surface area contributed by atoms with Gasteiger partial charge in [-0.3, -0.25) is 4.79 Å². The van der Waals surface area contributed by atoms with E-state index < -0.39 is 38.9 Å². The number of piperidine rings is 1. The molecule has 1 saturated heterocycles. The van der Waals surface area contributed by atoms with Gasteiger partial charge in [0.1, 0.15) is 11.6 Å². The molecule has 1 amide bonds. The predicted molar refractivity (Wildman–Crippen MR) is 110 cm³/mol. The number of sulfonamides is 1. The molecule has 0 radical (unpaired) electrons. The molecule has 0 bridgehead atoms. The second-order valence-electron chi connectivity index (χ2n) is 7.61. The van der Waals surface area contributed by atoms with Gasteiger partial charge in [0.05, 0.1) is 16.1 Å². The molecule has 0 saturated carbocycles. The van der Waals surface area contributed by atoms with Crippen molar-refractivity contribution in [2.24, 2.45) is 11.8 Å². The lowest BCUT2D eigenvalue weighted by atomic mass is 9.94. The van der Waals surface area contributed by atoms with Crippen molar-refractivity contribution in [2.45, 2.75) is 25.2 Å². The number of carbonyl (C=O) groups is 1. The van der Waals surface area contributed by atoms with Crippen LogP contribution in [0, 0.1) is 29.3 Å². The van der Waals surface area contributed by atoms with Gasteiger partial charge in [0.2, 0.25) is 10.0 Å². The SMILES string of the molecule is C[C@@H]1C[C@H](C)CN(S(=O)(=O)c2ccc(F)c(C(=O)Nc3c(F)cc(F)cc3Br)c2)C1. The lowest BCUT2D eigenvalue weighted by Gasteiger charge is -2.34. The highest BCUT2D eigenvalue weighted by atomic mass is 79.9. The van der Waals surface area contributed by atoms with Gasteiger partial charge in [0.15, 0.2) is 5.82 Å². The van der Waals surface area contributed by atoms with Crippen LogP contribution in [0.4, 0.5) is 18.9 Å². The summed E-state index contributed by atoms with van der Waals surface area (Å²) in [6.07, 6.45) is 0.904. The lowest BCUT2D eigenvalue weighted by molar-refractivity contribution is 0.102. The molecule has 0 aliphatic carbocycles. The summed E-state index contributed by atoms with van der Waals surface area (Å²) in [5, 5.41) is 2.16. The van der Waals surface area contributed by atoms with Crippen LogP contribution in [0.5, 0.6) is 0 Å². The summed E-state index contributed by atoms with van der Waals surface area (Å²) in [7, 11) is -3.94. The number of benzene rings is 2. The number of amides is 1. The average molecular weight is 505 g/mol. The van der Waals surface area contributed by atoms with Gasteiger partial charge >= 0.3 is 0 Å². The third-order valence-electron chi connectivity index (χ3n) is 4.90. The topological polar surface area (TPSA) is 66.5 Å². The molecule has 0 spiro atoms. The quantitative estimate of drug-likeness (QED) is 0.651. The van der Waals surface area contributed by atoms with E-state index in [4.69, 9.17) is 0 Å². The fourth-order valence-corrected chi connectivity index (χ4v) is 5.85. The minimum absolute atomic E-state index is 0.0752. The van der Waals surface area contributed by atoms with Crippen LogP contribution in [0.25, 0.3) is 0 Å². The molecule has 2 aromatic rings. The largest absolute Gasteiger partial charge is 0.318 e. The molecule has 10 heteroatoms. The van der Waals surface area contributed by atoms with Crippen LogP contribution < -0.4 is 5.32 Å². The molecule has 2 atom stereocenters. The Balaban J connectivity index is 1.93. The molecule has 1 aliphatic heterocycles. The second kappa shape index (κ2) is 8.68. The van der Waals surface area contributed by atoms with Gasteiger partial charge in [-0.25, -0.2) is 21.6 Å². The van der Waals surface area contributed by atoms with Crippen molar-refractivity contribution in [1.29, 1.82) is 0 Å². The molecule has 1 heterocycles. The Morgan fingerprint density at radius 2 is 1.70 bits per heavy atom. The third kappa shape index (κ3) is 4.70. The van der Waals surface area contributed by atoms with Crippen molar-refractivity contribution in [2.75, 3.05) is 18.4 Å². The zero-order chi connectivity index (χ0) is 22.2.